The van der Waals surface area contributed by atoms with E-state index in [4.69, 9.17) is 21.1 Å². The Hall–Kier alpha value is -2.71. The molecule has 9 heteroatoms. The number of hydrogen-bond acceptors (Lipinski definition) is 6. The van der Waals surface area contributed by atoms with E-state index in [1.54, 1.807) is 24.3 Å². The summed E-state index contributed by atoms with van der Waals surface area (Å²) in [6, 6.07) is 12.7. The summed E-state index contributed by atoms with van der Waals surface area (Å²) in [5.41, 5.74) is 1.45. The lowest BCUT2D eigenvalue weighted by molar-refractivity contribution is -0.113. The van der Waals surface area contributed by atoms with Gasteiger partial charge in [0.1, 0.15) is 0 Å². The monoisotopic (exact) mass is 402 g/mol. The Morgan fingerprint density at radius 2 is 2.04 bits per heavy atom. The van der Waals surface area contributed by atoms with Crippen LogP contribution in [-0.2, 0) is 11.8 Å². The SMILES string of the molecule is Cn1c(SCC(=O)Nc2ccc3c(c2)OCO3)nnc1-c1ccccc1Cl. The van der Waals surface area contributed by atoms with Crippen molar-refractivity contribution < 1.29 is 14.3 Å². The Bertz CT molecular complexity index is 1010. The highest BCUT2D eigenvalue weighted by molar-refractivity contribution is 7.99. The highest BCUT2D eigenvalue weighted by Crippen LogP contribution is 2.34. The van der Waals surface area contributed by atoms with E-state index in [-0.39, 0.29) is 18.5 Å². The normalized spacial score (nSPS) is 12.2. The van der Waals surface area contributed by atoms with E-state index in [0.29, 0.717) is 33.2 Å². The van der Waals surface area contributed by atoms with Gasteiger partial charge < -0.3 is 19.4 Å². The van der Waals surface area contributed by atoms with Crippen molar-refractivity contribution in [3.63, 3.8) is 0 Å². The van der Waals surface area contributed by atoms with E-state index in [9.17, 15) is 4.79 Å². The summed E-state index contributed by atoms with van der Waals surface area (Å²) in [6.45, 7) is 0.197. The zero-order valence-electron chi connectivity index (χ0n) is 14.3. The molecule has 0 spiro atoms. The quantitative estimate of drug-likeness (QED) is 0.657. The van der Waals surface area contributed by atoms with Crippen LogP contribution in [-0.4, -0.2) is 33.2 Å². The van der Waals surface area contributed by atoms with Crippen LogP contribution in [0, 0.1) is 0 Å². The molecule has 0 atom stereocenters. The van der Waals surface area contributed by atoms with Gasteiger partial charge in [-0.1, -0.05) is 35.5 Å². The van der Waals surface area contributed by atoms with Crippen molar-refractivity contribution in [2.45, 2.75) is 5.16 Å². The molecule has 1 N–H and O–H groups in total. The number of benzene rings is 2. The summed E-state index contributed by atoms with van der Waals surface area (Å²) < 4.78 is 12.4. The summed E-state index contributed by atoms with van der Waals surface area (Å²) >= 11 is 7.53. The lowest BCUT2D eigenvalue weighted by Gasteiger charge is -2.07. The van der Waals surface area contributed by atoms with Gasteiger partial charge in [0.05, 0.1) is 10.8 Å². The highest BCUT2D eigenvalue weighted by atomic mass is 35.5. The van der Waals surface area contributed by atoms with Gasteiger partial charge in [0.25, 0.3) is 0 Å². The van der Waals surface area contributed by atoms with Gasteiger partial charge in [-0.2, -0.15) is 0 Å². The third-order valence-electron chi connectivity index (χ3n) is 3.94. The van der Waals surface area contributed by atoms with E-state index < -0.39 is 0 Å². The smallest absolute Gasteiger partial charge is 0.234 e. The van der Waals surface area contributed by atoms with Crippen LogP contribution in [0.3, 0.4) is 0 Å². The molecule has 2 aromatic carbocycles. The van der Waals surface area contributed by atoms with Crippen molar-refractivity contribution in [2.75, 3.05) is 17.9 Å². The summed E-state index contributed by atoms with van der Waals surface area (Å²) in [4.78, 5) is 12.2. The average molecular weight is 403 g/mol. The maximum Gasteiger partial charge on any atom is 0.234 e. The Morgan fingerprint density at radius 3 is 2.89 bits per heavy atom. The zero-order valence-corrected chi connectivity index (χ0v) is 15.9. The highest BCUT2D eigenvalue weighted by Gasteiger charge is 2.16. The molecular weight excluding hydrogens is 388 g/mol. The Labute approximate surface area is 164 Å². The minimum atomic E-state index is -0.152. The standard InChI is InChI=1S/C18H15ClN4O3S/c1-23-17(12-4-2-3-5-13(12)19)21-22-18(23)27-9-16(24)20-11-6-7-14-15(8-11)26-10-25-14/h2-8H,9-10H2,1H3,(H,20,24). The number of hydrogen-bond donors (Lipinski definition) is 1. The lowest BCUT2D eigenvalue weighted by Crippen LogP contribution is -2.14. The minimum Gasteiger partial charge on any atom is -0.454 e. The zero-order chi connectivity index (χ0) is 18.8. The van der Waals surface area contributed by atoms with Crippen molar-refractivity contribution in [1.82, 2.24) is 14.8 Å². The molecule has 0 radical (unpaired) electrons. The Morgan fingerprint density at radius 1 is 1.22 bits per heavy atom. The molecule has 1 aliphatic rings. The third-order valence-corrected chi connectivity index (χ3v) is 5.29. The van der Waals surface area contributed by atoms with Crippen LogP contribution in [0.5, 0.6) is 11.5 Å². The van der Waals surface area contributed by atoms with Crippen LogP contribution in [0.2, 0.25) is 5.02 Å². The summed E-state index contributed by atoms with van der Waals surface area (Å²) in [6.07, 6.45) is 0. The average Bonchev–Trinajstić information content (AvgIpc) is 3.27. The van der Waals surface area contributed by atoms with Gasteiger partial charge in [0, 0.05) is 24.4 Å². The molecule has 138 valence electrons. The largest absolute Gasteiger partial charge is 0.454 e. The van der Waals surface area contributed by atoms with Crippen molar-refractivity contribution in [1.29, 1.82) is 0 Å². The van der Waals surface area contributed by atoms with Crippen LogP contribution in [0.1, 0.15) is 0 Å². The van der Waals surface area contributed by atoms with E-state index in [0.717, 1.165) is 5.56 Å². The molecule has 7 nitrogen and oxygen atoms in total. The second-order valence-electron chi connectivity index (χ2n) is 5.75. The number of anilines is 1. The second-order valence-corrected chi connectivity index (χ2v) is 7.10. The lowest BCUT2D eigenvalue weighted by atomic mass is 10.2. The number of nitrogens with one attached hydrogen (secondary N) is 1. The molecule has 0 unspecified atom stereocenters. The van der Waals surface area contributed by atoms with E-state index in [1.165, 1.54) is 11.8 Å². The first-order chi connectivity index (χ1) is 13.1. The molecule has 0 saturated heterocycles. The predicted octanol–water partition coefficient (Wildman–Crippen LogP) is 3.60. The number of nitrogens with zero attached hydrogens (tertiary/aromatic N) is 3. The number of rotatable bonds is 5. The summed E-state index contributed by atoms with van der Waals surface area (Å²) in [7, 11) is 1.84. The van der Waals surface area contributed by atoms with Gasteiger partial charge in [0.15, 0.2) is 22.5 Å². The van der Waals surface area contributed by atoms with Crippen molar-refractivity contribution >= 4 is 35.0 Å². The molecule has 0 aliphatic carbocycles. The number of carbonyl (C=O) groups is 1. The molecule has 27 heavy (non-hydrogen) atoms. The number of fused-ring (bicyclic) bond motifs is 1. The van der Waals surface area contributed by atoms with Crippen molar-refractivity contribution in [3.8, 4) is 22.9 Å². The number of thioether (sulfide) groups is 1. The molecule has 1 aromatic heterocycles. The van der Waals surface area contributed by atoms with Crippen LogP contribution in [0.15, 0.2) is 47.6 Å². The van der Waals surface area contributed by atoms with E-state index >= 15 is 0 Å². The van der Waals surface area contributed by atoms with Gasteiger partial charge in [-0.15, -0.1) is 10.2 Å². The topological polar surface area (TPSA) is 78.3 Å². The molecule has 3 aromatic rings. The second kappa shape index (κ2) is 7.50. The molecule has 2 heterocycles. The predicted molar refractivity (Wildman–Crippen MR) is 103 cm³/mol. The fourth-order valence-electron chi connectivity index (χ4n) is 2.62. The number of ether oxygens (including phenoxy) is 2. The molecule has 1 aliphatic heterocycles. The van der Waals surface area contributed by atoms with Crippen LogP contribution in [0.25, 0.3) is 11.4 Å². The Balaban J connectivity index is 1.40. The van der Waals surface area contributed by atoms with Crippen molar-refractivity contribution in [3.05, 3.63) is 47.5 Å². The number of aromatic nitrogens is 3. The maximum atomic E-state index is 12.2. The van der Waals surface area contributed by atoms with Gasteiger partial charge in [-0.3, -0.25) is 4.79 Å². The molecule has 0 fully saturated rings. The van der Waals surface area contributed by atoms with Crippen LogP contribution < -0.4 is 14.8 Å². The Kier molecular flexibility index (Phi) is 4.91. The van der Waals surface area contributed by atoms with Gasteiger partial charge in [-0.05, 0) is 24.3 Å². The molecule has 0 bridgehead atoms. The first-order valence-corrected chi connectivity index (χ1v) is 9.45. The minimum absolute atomic E-state index is 0.152. The first-order valence-electron chi connectivity index (χ1n) is 8.08. The number of halogens is 1. The van der Waals surface area contributed by atoms with Crippen LogP contribution >= 0.6 is 23.4 Å². The van der Waals surface area contributed by atoms with Gasteiger partial charge in [-0.25, -0.2) is 0 Å². The first kappa shape index (κ1) is 17.7. The number of amides is 1. The molecule has 0 saturated carbocycles. The summed E-state index contributed by atoms with van der Waals surface area (Å²) in [5.74, 6) is 2.00. The van der Waals surface area contributed by atoms with E-state index in [2.05, 4.69) is 15.5 Å². The molecular formula is C18H15ClN4O3S. The maximum absolute atomic E-state index is 12.2. The van der Waals surface area contributed by atoms with Gasteiger partial charge in [0.2, 0.25) is 12.7 Å². The van der Waals surface area contributed by atoms with Crippen LogP contribution in [0.4, 0.5) is 5.69 Å². The van der Waals surface area contributed by atoms with Crippen molar-refractivity contribution in [2.24, 2.45) is 7.05 Å². The fraction of sp³-hybridized carbons (Fsp3) is 0.167. The molecule has 1 amide bonds. The van der Waals surface area contributed by atoms with E-state index in [1.807, 2.05) is 29.8 Å². The number of carbonyl (C=O) groups excluding carboxylic acids is 1. The fourth-order valence-corrected chi connectivity index (χ4v) is 3.55. The molecule has 4 rings (SSSR count). The third kappa shape index (κ3) is 3.72. The summed E-state index contributed by atoms with van der Waals surface area (Å²) in [5, 5.41) is 12.4. The van der Waals surface area contributed by atoms with Gasteiger partial charge >= 0.3 is 0 Å².